The highest BCUT2D eigenvalue weighted by Crippen LogP contribution is 2.22. The van der Waals surface area contributed by atoms with Crippen LogP contribution in [0, 0.1) is 6.92 Å². The molecule has 4 heteroatoms. The first kappa shape index (κ1) is 17.0. The van der Waals surface area contributed by atoms with Gasteiger partial charge in [-0.3, -0.25) is 9.48 Å². The molecular formula is C21H23N3O. The maximum Gasteiger partial charge on any atom is 0.220 e. The third-order valence-electron chi connectivity index (χ3n) is 4.31. The van der Waals surface area contributed by atoms with E-state index in [1.807, 2.05) is 66.5 Å². The molecule has 4 nitrogen and oxygen atoms in total. The van der Waals surface area contributed by atoms with Gasteiger partial charge in [-0.25, -0.2) is 0 Å². The smallest absolute Gasteiger partial charge is 0.220 e. The van der Waals surface area contributed by atoms with E-state index in [-0.39, 0.29) is 5.91 Å². The Bertz CT molecular complexity index is 853. The lowest BCUT2D eigenvalue weighted by Crippen LogP contribution is -2.23. The monoisotopic (exact) mass is 333 g/mol. The van der Waals surface area contributed by atoms with Gasteiger partial charge in [0.25, 0.3) is 0 Å². The molecule has 0 spiro atoms. The van der Waals surface area contributed by atoms with Gasteiger partial charge in [-0.15, -0.1) is 0 Å². The number of aryl methyl sites for hydroxylation is 3. The molecule has 1 heterocycles. The average molecular weight is 333 g/mol. The number of aromatic nitrogens is 2. The third-order valence-corrected chi connectivity index (χ3v) is 4.31. The first-order valence-corrected chi connectivity index (χ1v) is 8.52. The Balaban J connectivity index is 1.60. The molecular weight excluding hydrogens is 310 g/mol. The minimum Gasteiger partial charge on any atom is -0.352 e. The van der Waals surface area contributed by atoms with Crippen LogP contribution in [-0.4, -0.2) is 15.7 Å². The fraction of sp³-hybridized carbons (Fsp3) is 0.238. The van der Waals surface area contributed by atoms with E-state index in [9.17, 15) is 4.79 Å². The molecule has 25 heavy (non-hydrogen) atoms. The highest BCUT2D eigenvalue weighted by atomic mass is 16.1. The zero-order valence-electron chi connectivity index (χ0n) is 14.7. The molecule has 3 rings (SSSR count). The predicted octanol–water partition coefficient (Wildman–Crippen LogP) is 3.64. The van der Waals surface area contributed by atoms with Crippen LogP contribution in [0.15, 0.2) is 60.8 Å². The minimum absolute atomic E-state index is 0.0612. The molecule has 0 aliphatic carbocycles. The van der Waals surface area contributed by atoms with Gasteiger partial charge in [-0.05, 0) is 30.0 Å². The Kier molecular flexibility index (Phi) is 5.29. The molecule has 1 aromatic heterocycles. The summed E-state index contributed by atoms with van der Waals surface area (Å²) < 4.78 is 1.81. The Labute approximate surface area is 148 Å². The van der Waals surface area contributed by atoms with Gasteiger partial charge in [0.05, 0.1) is 5.69 Å². The SMILES string of the molecule is Cc1ccccc1CNC(=O)CCc1cn(C)nc1-c1ccccc1. The van der Waals surface area contributed by atoms with Crippen molar-refractivity contribution in [2.75, 3.05) is 0 Å². The van der Waals surface area contributed by atoms with Gasteiger partial charge in [0.15, 0.2) is 0 Å². The summed E-state index contributed by atoms with van der Waals surface area (Å²) in [6, 6.07) is 18.2. The number of benzene rings is 2. The van der Waals surface area contributed by atoms with Crippen LogP contribution in [0.5, 0.6) is 0 Å². The summed E-state index contributed by atoms with van der Waals surface area (Å²) in [4.78, 5) is 12.2. The standard InChI is InChI=1S/C21H23N3O/c1-16-8-6-7-11-18(16)14-22-20(25)13-12-19-15-24(2)23-21(19)17-9-4-3-5-10-17/h3-11,15H,12-14H2,1-2H3,(H,22,25). The summed E-state index contributed by atoms with van der Waals surface area (Å²) in [7, 11) is 1.91. The molecule has 0 aliphatic rings. The van der Waals surface area contributed by atoms with E-state index in [0.29, 0.717) is 19.4 Å². The largest absolute Gasteiger partial charge is 0.352 e. The number of hydrogen-bond acceptors (Lipinski definition) is 2. The first-order chi connectivity index (χ1) is 12.1. The van der Waals surface area contributed by atoms with E-state index < -0.39 is 0 Å². The topological polar surface area (TPSA) is 46.9 Å². The van der Waals surface area contributed by atoms with E-state index >= 15 is 0 Å². The van der Waals surface area contributed by atoms with Gasteiger partial charge in [0.2, 0.25) is 5.91 Å². The van der Waals surface area contributed by atoms with Crippen LogP contribution in [0.3, 0.4) is 0 Å². The quantitative estimate of drug-likeness (QED) is 0.748. The summed E-state index contributed by atoms with van der Waals surface area (Å²) in [6.07, 6.45) is 3.13. The molecule has 0 saturated carbocycles. The van der Waals surface area contributed by atoms with Crippen LogP contribution in [0.4, 0.5) is 0 Å². The number of amides is 1. The summed E-state index contributed by atoms with van der Waals surface area (Å²) in [5, 5.41) is 7.56. The maximum atomic E-state index is 12.2. The highest BCUT2D eigenvalue weighted by Gasteiger charge is 2.12. The van der Waals surface area contributed by atoms with Gasteiger partial charge in [0.1, 0.15) is 0 Å². The highest BCUT2D eigenvalue weighted by molar-refractivity contribution is 5.76. The zero-order valence-corrected chi connectivity index (χ0v) is 14.7. The van der Waals surface area contributed by atoms with Crippen molar-refractivity contribution in [2.24, 2.45) is 7.05 Å². The van der Waals surface area contributed by atoms with Gasteiger partial charge in [-0.1, -0.05) is 54.6 Å². The van der Waals surface area contributed by atoms with Crippen molar-refractivity contribution < 1.29 is 4.79 Å². The number of carbonyl (C=O) groups excluding carboxylic acids is 1. The third kappa shape index (κ3) is 4.35. The Hall–Kier alpha value is -2.88. The Morgan fingerprint density at radius 1 is 1.04 bits per heavy atom. The molecule has 3 aromatic rings. The normalized spacial score (nSPS) is 10.6. The predicted molar refractivity (Wildman–Crippen MR) is 100.0 cm³/mol. The second kappa shape index (κ2) is 7.79. The van der Waals surface area contributed by atoms with E-state index in [1.165, 1.54) is 5.56 Å². The van der Waals surface area contributed by atoms with Crippen molar-refractivity contribution in [1.29, 1.82) is 0 Å². The van der Waals surface area contributed by atoms with Gasteiger partial charge < -0.3 is 5.32 Å². The lowest BCUT2D eigenvalue weighted by atomic mass is 10.0. The molecule has 128 valence electrons. The maximum absolute atomic E-state index is 12.2. The van der Waals surface area contributed by atoms with Gasteiger partial charge in [0, 0.05) is 31.8 Å². The molecule has 0 unspecified atom stereocenters. The molecule has 0 bridgehead atoms. The number of carbonyl (C=O) groups is 1. The van der Waals surface area contributed by atoms with Crippen LogP contribution in [0.25, 0.3) is 11.3 Å². The van der Waals surface area contributed by atoms with Crippen molar-refractivity contribution in [2.45, 2.75) is 26.3 Å². The van der Waals surface area contributed by atoms with E-state index in [0.717, 1.165) is 22.4 Å². The second-order valence-corrected chi connectivity index (χ2v) is 6.25. The number of nitrogens with one attached hydrogen (secondary N) is 1. The fourth-order valence-electron chi connectivity index (χ4n) is 2.90. The van der Waals surface area contributed by atoms with Crippen molar-refractivity contribution in [3.05, 3.63) is 77.5 Å². The van der Waals surface area contributed by atoms with Crippen molar-refractivity contribution in [1.82, 2.24) is 15.1 Å². The minimum atomic E-state index is 0.0612. The second-order valence-electron chi connectivity index (χ2n) is 6.25. The summed E-state index contributed by atoms with van der Waals surface area (Å²) >= 11 is 0. The lowest BCUT2D eigenvalue weighted by molar-refractivity contribution is -0.121. The van der Waals surface area contributed by atoms with Crippen LogP contribution in [0.1, 0.15) is 23.1 Å². The Morgan fingerprint density at radius 2 is 1.76 bits per heavy atom. The molecule has 0 atom stereocenters. The molecule has 2 aromatic carbocycles. The molecule has 1 amide bonds. The fourth-order valence-corrected chi connectivity index (χ4v) is 2.90. The Morgan fingerprint density at radius 3 is 2.52 bits per heavy atom. The van der Waals surface area contributed by atoms with Crippen molar-refractivity contribution in [3.8, 4) is 11.3 Å². The molecule has 0 fully saturated rings. The number of rotatable bonds is 6. The van der Waals surface area contributed by atoms with Crippen LogP contribution < -0.4 is 5.32 Å². The first-order valence-electron chi connectivity index (χ1n) is 8.52. The number of nitrogens with zero attached hydrogens (tertiary/aromatic N) is 2. The zero-order chi connectivity index (χ0) is 17.6. The number of hydrogen-bond donors (Lipinski definition) is 1. The molecule has 0 saturated heterocycles. The molecule has 1 N–H and O–H groups in total. The van der Waals surface area contributed by atoms with E-state index in [4.69, 9.17) is 0 Å². The molecule has 0 radical (unpaired) electrons. The summed E-state index contributed by atoms with van der Waals surface area (Å²) in [5.41, 5.74) is 5.48. The average Bonchev–Trinajstić information content (AvgIpc) is 3.01. The van der Waals surface area contributed by atoms with Crippen molar-refractivity contribution >= 4 is 5.91 Å². The van der Waals surface area contributed by atoms with E-state index in [1.54, 1.807) is 0 Å². The van der Waals surface area contributed by atoms with Crippen LogP contribution in [0.2, 0.25) is 0 Å². The van der Waals surface area contributed by atoms with Crippen LogP contribution >= 0.6 is 0 Å². The summed E-state index contributed by atoms with van der Waals surface area (Å²) in [5.74, 6) is 0.0612. The van der Waals surface area contributed by atoms with Gasteiger partial charge >= 0.3 is 0 Å². The van der Waals surface area contributed by atoms with E-state index in [2.05, 4.69) is 23.4 Å². The molecule has 0 aliphatic heterocycles. The summed E-state index contributed by atoms with van der Waals surface area (Å²) in [6.45, 7) is 2.63. The van der Waals surface area contributed by atoms with Crippen molar-refractivity contribution in [3.63, 3.8) is 0 Å². The van der Waals surface area contributed by atoms with Crippen LogP contribution in [-0.2, 0) is 24.8 Å². The lowest BCUT2D eigenvalue weighted by Gasteiger charge is -2.08. The van der Waals surface area contributed by atoms with Gasteiger partial charge in [-0.2, -0.15) is 5.10 Å².